The predicted octanol–water partition coefficient (Wildman–Crippen LogP) is 2.61. The number of halogens is 1. The molecule has 1 aliphatic heterocycles. The van der Waals surface area contributed by atoms with Crippen molar-refractivity contribution in [2.75, 3.05) is 13.1 Å². The van der Waals surface area contributed by atoms with Crippen LogP contribution < -0.4 is 11.1 Å². The highest BCUT2D eigenvalue weighted by Gasteiger charge is 2.33. The van der Waals surface area contributed by atoms with Crippen molar-refractivity contribution in [3.05, 3.63) is 35.4 Å². The van der Waals surface area contributed by atoms with Gasteiger partial charge in [0.2, 0.25) is 11.8 Å². The number of rotatable bonds is 8. The highest BCUT2D eigenvalue weighted by molar-refractivity contribution is 5.85. The van der Waals surface area contributed by atoms with Crippen LogP contribution in [0.25, 0.3) is 0 Å². The standard InChI is InChI=1S/C19H29N3O2.ClH/c1-3-19(4-2,14-20)18(24)21-12-15-8-5-6-9-16(15)13-22-11-7-10-17(22)23;/h5-6,8-9H,3-4,7,10-14,20H2,1-2H3,(H,21,24);1H. The fourth-order valence-corrected chi connectivity index (χ4v) is 3.28. The van der Waals surface area contributed by atoms with Crippen molar-refractivity contribution >= 4 is 24.2 Å². The third-order valence-electron chi connectivity index (χ3n) is 5.32. The van der Waals surface area contributed by atoms with E-state index in [-0.39, 0.29) is 24.2 Å². The lowest BCUT2D eigenvalue weighted by atomic mass is 9.81. The summed E-state index contributed by atoms with van der Waals surface area (Å²) < 4.78 is 0. The third kappa shape index (κ3) is 4.95. The van der Waals surface area contributed by atoms with Gasteiger partial charge in [-0.15, -0.1) is 12.4 Å². The smallest absolute Gasteiger partial charge is 0.227 e. The molecule has 1 fully saturated rings. The Bertz CT molecular complexity index is 580. The molecule has 140 valence electrons. The van der Waals surface area contributed by atoms with Crippen LogP contribution in [0.2, 0.25) is 0 Å². The van der Waals surface area contributed by atoms with Crippen LogP contribution in [0.5, 0.6) is 0 Å². The van der Waals surface area contributed by atoms with Crippen LogP contribution in [0.1, 0.15) is 50.7 Å². The molecular weight excluding hydrogens is 338 g/mol. The first-order valence-corrected chi connectivity index (χ1v) is 8.89. The van der Waals surface area contributed by atoms with Crippen LogP contribution in [0.15, 0.2) is 24.3 Å². The van der Waals surface area contributed by atoms with E-state index in [4.69, 9.17) is 5.73 Å². The number of carbonyl (C=O) groups excluding carboxylic acids is 2. The molecule has 3 N–H and O–H groups in total. The number of nitrogens with zero attached hydrogens (tertiary/aromatic N) is 1. The maximum Gasteiger partial charge on any atom is 0.227 e. The van der Waals surface area contributed by atoms with E-state index in [0.29, 0.717) is 26.1 Å². The van der Waals surface area contributed by atoms with Gasteiger partial charge in [-0.3, -0.25) is 9.59 Å². The van der Waals surface area contributed by atoms with Gasteiger partial charge in [-0.2, -0.15) is 0 Å². The molecule has 2 amide bonds. The van der Waals surface area contributed by atoms with Gasteiger partial charge in [-0.1, -0.05) is 38.1 Å². The molecular formula is C19H30ClN3O2. The van der Waals surface area contributed by atoms with Crippen LogP contribution in [0.4, 0.5) is 0 Å². The Morgan fingerprint density at radius 1 is 1.24 bits per heavy atom. The molecule has 0 aliphatic carbocycles. The lowest BCUT2D eigenvalue weighted by molar-refractivity contribution is -0.131. The molecule has 0 saturated carbocycles. The van der Waals surface area contributed by atoms with E-state index >= 15 is 0 Å². The predicted molar refractivity (Wildman–Crippen MR) is 102 cm³/mol. The minimum absolute atomic E-state index is 0. The summed E-state index contributed by atoms with van der Waals surface area (Å²) in [6, 6.07) is 7.98. The van der Waals surface area contributed by atoms with Crippen molar-refractivity contribution < 1.29 is 9.59 Å². The molecule has 1 aliphatic rings. The molecule has 2 rings (SSSR count). The Hall–Kier alpha value is -1.59. The average molecular weight is 368 g/mol. The zero-order valence-electron chi connectivity index (χ0n) is 15.2. The molecule has 1 aromatic carbocycles. The highest BCUT2D eigenvalue weighted by atomic mass is 35.5. The molecule has 1 aromatic rings. The number of amides is 2. The quantitative estimate of drug-likeness (QED) is 0.741. The minimum Gasteiger partial charge on any atom is -0.351 e. The van der Waals surface area contributed by atoms with Crippen molar-refractivity contribution in [1.82, 2.24) is 10.2 Å². The van der Waals surface area contributed by atoms with Crippen LogP contribution in [-0.4, -0.2) is 29.8 Å². The van der Waals surface area contributed by atoms with Crippen LogP contribution >= 0.6 is 12.4 Å². The first-order valence-electron chi connectivity index (χ1n) is 8.89. The Morgan fingerprint density at radius 3 is 2.40 bits per heavy atom. The first kappa shape index (κ1) is 21.5. The zero-order chi connectivity index (χ0) is 17.6. The summed E-state index contributed by atoms with van der Waals surface area (Å²) in [7, 11) is 0. The SMILES string of the molecule is CCC(CC)(CN)C(=O)NCc1ccccc1CN1CCCC1=O.Cl. The largest absolute Gasteiger partial charge is 0.351 e. The van der Waals surface area contributed by atoms with Gasteiger partial charge in [0, 0.05) is 32.6 Å². The number of nitrogens with two attached hydrogens (primary N) is 1. The van der Waals surface area contributed by atoms with E-state index in [9.17, 15) is 9.59 Å². The first-order chi connectivity index (χ1) is 11.6. The Balaban J connectivity index is 0.00000312. The van der Waals surface area contributed by atoms with E-state index in [1.807, 2.05) is 43.0 Å². The summed E-state index contributed by atoms with van der Waals surface area (Å²) in [5.74, 6) is 0.231. The van der Waals surface area contributed by atoms with Crippen molar-refractivity contribution in [3.8, 4) is 0 Å². The third-order valence-corrected chi connectivity index (χ3v) is 5.32. The number of hydrogen-bond donors (Lipinski definition) is 2. The number of benzene rings is 1. The van der Waals surface area contributed by atoms with Crippen LogP contribution in [0, 0.1) is 5.41 Å². The second-order valence-corrected chi connectivity index (χ2v) is 6.56. The van der Waals surface area contributed by atoms with E-state index in [0.717, 1.165) is 36.9 Å². The average Bonchev–Trinajstić information content (AvgIpc) is 3.01. The van der Waals surface area contributed by atoms with Crippen LogP contribution in [0.3, 0.4) is 0 Å². The van der Waals surface area contributed by atoms with Crippen molar-refractivity contribution in [1.29, 1.82) is 0 Å². The molecule has 0 bridgehead atoms. The minimum atomic E-state index is -0.486. The molecule has 6 heteroatoms. The van der Waals surface area contributed by atoms with Crippen molar-refractivity contribution in [2.24, 2.45) is 11.1 Å². The van der Waals surface area contributed by atoms with Gasteiger partial charge < -0.3 is 16.0 Å². The molecule has 0 radical (unpaired) electrons. The molecule has 0 aromatic heterocycles. The van der Waals surface area contributed by atoms with Gasteiger partial charge >= 0.3 is 0 Å². The highest BCUT2D eigenvalue weighted by Crippen LogP contribution is 2.25. The Morgan fingerprint density at radius 2 is 1.88 bits per heavy atom. The van der Waals surface area contributed by atoms with Gasteiger partial charge in [0.25, 0.3) is 0 Å². The summed E-state index contributed by atoms with van der Waals surface area (Å²) in [5, 5.41) is 3.05. The van der Waals surface area contributed by atoms with E-state index in [1.54, 1.807) is 0 Å². The number of nitrogens with one attached hydrogen (secondary N) is 1. The maximum atomic E-state index is 12.6. The van der Waals surface area contributed by atoms with Crippen LogP contribution in [-0.2, 0) is 22.7 Å². The molecule has 0 unspecified atom stereocenters. The van der Waals surface area contributed by atoms with E-state index < -0.39 is 5.41 Å². The topological polar surface area (TPSA) is 75.4 Å². The second kappa shape index (κ2) is 9.78. The van der Waals surface area contributed by atoms with Crippen molar-refractivity contribution in [2.45, 2.75) is 52.6 Å². The summed E-state index contributed by atoms with van der Waals surface area (Å²) >= 11 is 0. The Labute approximate surface area is 156 Å². The second-order valence-electron chi connectivity index (χ2n) is 6.56. The van der Waals surface area contributed by atoms with Crippen molar-refractivity contribution in [3.63, 3.8) is 0 Å². The summed E-state index contributed by atoms with van der Waals surface area (Å²) in [5.41, 5.74) is 7.52. The summed E-state index contributed by atoms with van der Waals surface area (Å²) in [4.78, 5) is 26.3. The summed E-state index contributed by atoms with van der Waals surface area (Å²) in [6.45, 7) is 6.27. The van der Waals surface area contributed by atoms with Gasteiger partial charge in [0.15, 0.2) is 0 Å². The lowest BCUT2D eigenvalue weighted by Crippen LogP contribution is -2.45. The van der Waals surface area contributed by atoms with Gasteiger partial charge in [0.1, 0.15) is 0 Å². The molecule has 0 spiro atoms. The monoisotopic (exact) mass is 367 g/mol. The van der Waals surface area contributed by atoms with Gasteiger partial charge in [0.05, 0.1) is 5.41 Å². The lowest BCUT2D eigenvalue weighted by Gasteiger charge is -2.28. The zero-order valence-corrected chi connectivity index (χ0v) is 16.0. The normalized spacial score (nSPS) is 14.4. The maximum absolute atomic E-state index is 12.6. The fraction of sp³-hybridized carbons (Fsp3) is 0.579. The number of hydrogen-bond acceptors (Lipinski definition) is 3. The van der Waals surface area contributed by atoms with E-state index in [1.165, 1.54) is 0 Å². The molecule has 25 heavy (non-hydrogen) atoms. The molecule has 0 atom stereocenters. The molecule has 5 nitrogen and oxygen atoms in total. The molecule has 1 saturated heterocycles. The Kier molecular flexibility index (Phi) is 8.39. The van der Waals surface area contributed by atoms with E-state index in [2.05, 4.69) is 5.32 Å². The molecule has 1 heterocycles. The number of carbonyl (C=O) groups is 2. The van der Waals surface area contributed by atoms with Gasteiger partial charge in [-0.05, 0) is 30.4 Å². The summed E-state index contributed by atoms with van der Waals surface area (Å²) in [6.07, 6.45) is 3.04. The van der Waals surface area contributed by atoms with Gasteiger partial charge in [-0.25, -0.2) is 0 Å². The number of likely N-dealkylation sites (tertiary alicyclic amines) is 1. The fourth-order valence-electron chi connectivity index (χ4n) is 3.28.